The summed E-state index contributed by atoms with van der Waals surface area (Å²) in [6.45, 7) is -1.18. The Bertz CT molecular complexity index is 1640. The molecule has 27 nitrogen and oxygen atoms in total. The molecule has 0 bridgehead atoms. The van der Waals surface area contributed by atoms with Gasteiger partial charge in [-0.05, 0) is 0 Å². The molecule has 1 fully saturated rings. The molecular weight excluding hydrogens is 728 g/mol. The normalized spacial score (nSPS) is 28.4. The van der Waals surface area contributed by atoms with Gasteiger partial charge in [0.25, 0.3) is 0 Å². The maximum Gasteiger partial charge on any atom is 0.490 e. The highest BCUT2D eigenvalue weighted by Gasteiger charge is 2.50. The Labute approximate surface area is 236 Å². The molecule has 246 valence electrons. The van der Waals surface area contributed by atoms with Crippen molar-refractivity contribution in [3.05, 3.63) is 12.7 Å². The van der Waals surface area contributed by atoms with Crippen LogP contribution >= 0.6 is 46.9 Å². The van der Waals surface area contributed by atoms with Gasteiger partial charge in [0.1, 0.15) is 30.2 Å². The fourth-order valence-corrected chi connectivity index (χ4v) is 10.4. The molecule has 0 aromatic carbocycles. The number of nitrogens with zero attached hydrogens (tertiary/aromatic N) is 4. The first-order chi connectivity index (χ1) is 19.3. The molecule has 11 N–H and O–H groups in total. The van der Waals surface area contributed by atoms with E-state index in [1.54, 1.807) is 0 Å². The number of hydrogen-bond donors (Lipinski definition) is 10. The first-order valence-electron chi connectivity index (χ1n) is 10.2. The third-order valence-electron chi connectivity index (χ3n) is 4.44. The zero-order valence-electron chi connectivity index (χ0n) is 20.1. The van der Waals surface area contributed by atoms with E-state index in [9.17, 15) is 57.2 Å². The van der Waals surface area contributed by atoms with Crippen molar-refractivity contribution >= 4 is 63.9 Å². The summed E-state index contributed by atoms with van der Waals surface area (Å²) in [5, 5.41) is 20.6. The van der Waals surface area contributed by atoms with Crippen LogP contribution in [0.15, 0.2) is 12.7 Å². The Balaban J connectivity index is 1.62. The Morgan fingerprint density at radius 2 is 1.23 bits per heavy atom. The number of ether oxygens (including phenoxy) is 1. The summed E-state index contributed by atoms with van der Waals surface area (Å²) in [5.74, 6) is -0.0415. The van der Waals surface area contributed by atoms with Gasteiger partial charge >= 0.3 is 46.9 Å². The number of hydrogen-bond acceptors (Lipinski definition) is 19. The van der Waals surface area contributed by atoms with Crippen LogP contribution in [0.25, 0.3) is 11.2 Å². The van der Waals surface area contributed by atoms with Gasteiger partial charge in [-0.15, -0.1) is 0 Å². The van der Waals surface area contributed by atoms with E-state index in [1.165, 1.54) is 0 Å². The summed E-state index contributed by atoms with van der Waals surface area (Å²) in [7, 11) is -37.1. The number of nitrogen functional groups attached to an aromatic ring is 1. The number of rotatable bonds is 14. The van der Waals surface area contributed by atoms with Crippen LogP contribution in [-0.2, 0) is 58.2 Å². The van der Waals surface area contributed by atoms with E-state index in [2.05, 4.69) is 41.0 Å². The van der Waals surface area contributed by atoms with Gasteiger partial charge in [0.15, 0.2) is 17.7 Å². The van der Waals surface area contributed by atoms with Crippen molar-refractivity contribution < 1.29 is 103 Å². The molecule has 0 radical (unpaired) electrons. The minimum atomic E-state index is -6.45. The quantitative estimate of drug-likeness (QED) is 0.101. The van der Waals surface area contributed by atoms with Gasteiger partial charge in [-0.25, -0.2) is 42.3 Å². The Hall–Kier alpha value is -0.910. The van der Waals surface area contributed by atoms with Crippen molar-refractivity contribution in [3.8, 4) is 0 Å². The second kappa shape index (κ2) is 12.7. The van der Waals surface area contributed by atoms with E-state index < -0.39 is 78.1 Å². The largest absolute Gasteiger partial charge is 0.490 e. The van der Waals surface area contributed by atoms with E-state index in [1.807, 2.05) is 0 Å². The smallest absolute Gasteiger partial charge is 0.387 e. The van der Waals surface area contributed by atoms with Crippen LogP contribution in [0.3, 0.4) is 0 Å². The van der Waals surface area contributed by atoms with Gasteiger partial charge in [0.05, 0.1) is 12.9 Å². The summed E-state index contributed by atoms with van der Waals surface area (Å²) >= 11 is 0. The number of phosphoric acid groups is 6. The second-order valence-electron chi connectivity index (χ2n) is 7.67. The van der Waals surface area contributed by atoms with Crippen LogP contribution in [-0.4, -0.2) is 88.9 Å². The van der Waals surface area contributed by atoms with Crippen molar-refractivity contribution in [1.29, 1.82) is 0 Å². The highest BCUT2D eigenvalue weighted by Crippen LogP contribution is 2.75. The van der Waals surface area contributed by atoms with Gasteiger partial charge in [-0.1, -0.05) is 0 Å². The van der Waals surface area contributed by atoms with Crippen LogP contribution in [0, 0.1) is 0 Å². The monoisotopic (exact) mass is 747 g/mol. The molecular formula is C10H19N5O22P6. The van der Waals surface area contributed by atoms with Gasteiger partial charge in [0, 0.05) is 0 Å². The number of aliphatic hydroxyl groups excluding tert-OH is 2. The molecule has 0 saturated carbocycles. The Morgan fingerprint density at radius 3 is 1.74 bits per heavy atom. The van der Waals surface area contributed by atoms with Gasteiger partial charge in [-0.2, -0.15) is 21.6 Å². The van der Waals surface area contributed by atoms with Crippen molar-refractivity contribution in [2.24, 2.45) is 0 Å². The maximum atomic E-state index is 12.1. The standard InChI is InChI=1S/C10H19N5O22P6/c11-8-5-9(13-2-12-8)15(3-14-5)10-7(17)6(16)4(32-10)1-31-39(21,22)34-41(25,26)36-43(29,30)37-42(27,28)35-40(23,24)33-38(18,19)20/h2-4,6-7,10,16-17H,1H2,(H,21,22)(H,23,24)(H,25,26)(H,27,28)(H,29,30)(H2,11,12,13)(H2,18,19,20)/t4-,6-,7-,10-/m1/s1. The minimum Gasteiger partial charge on any atom is -0.387 e. The molecule has 3 rings (SSSR count). The predicted molar refractivity (Wildman–Crippen MR) is 128 cm³/mol. The van der Waals surface area contributed by atoms with E-state index in [0.29, 0.717) is 0 Å². The molecule has 2 aromatic heterocycles. The fourth-order valence-electron chi connectivity index (χ4n) is 3.06. The van der Waals surface area contributed by atoms with Crippen molar-refractivity contribution in [2.75, 3.05) is 12.3 Å². The molecule has 3 heterocycles. The van der Waals surface area contributed by atoms with E-state index in [-0.39, 0.29) is 17.0 Å². The van der Waals surface area contributed by atoms with E-state index in [4.69, 9.17) is 25.2 Å². The molecule has 0 aliphatic carbocycles. The molecule has 1 aliphatic rings. The number of aliphatic hydroxyl groups is 2. The minimum absolute atomic E-state index is 0.0415. The molecule has 9 atom stereocenters. The summed E-state index contributed by atoms with van der Waals surface area (Å²) in [5.41, 5.74) is 5.80. The highest BCUT2D eigenvalue weighted by molar-refractivity contribution is 7.72. The molecule has 0 amide bonds. The number of imidazole rings is 1. The summed E-state index contributed by atoms with van der Waals surface area (Å²) in [6, 6.07) is 0. The van der Waals surface area contributed by atoms with Gasteiger partial charge in [0.2, 0.25) is 0 Å². The lowest BCUT2D eigenvalue weighted by Gasteiger charge is -2.21. The lowest BCUT2D eigenvalue weighted by molar-refractivity contribution is -0.0503. The molecule has 5 unspecified atom stereocenters. The third-order valence-corrected chi connectivity index (χ3v) is 13.2. The first kappa shape index (κ1) is 36.6. The number of fused-ring (bicyclic) bond motifs is 1. The molecule has 43 heavy (non-hydrogen) atoms. The topological polar surface area (TPSA) is 419 Å². The zero-order valence-corrected chi connectivity index (χ0v) is 25.4. The summed E-state index contributed by atoms with van der Waals surface area (Å²) < 4.78 is 97.2. The summed E-state index contributed by atoms with van der Waals surface area (Å²) in [6.07, 6.45) is -4.53. The zero-order chi connectivity index (χ0) is 32.8. The van der Waals surface area contributed by atoms with Gasteiger partial charge < -0.3 is 54.9 Å². The lowest BCUT2D eigenvalue weighted by Crippen LogP contribution is -2.33. The molecule has 1 saturated heterocycles. The highest BCUT2D eigenvalue weighted by atomic mass is 31.3. The third kappa shape index (κ3) is 10.3. The number of aromatic nitrogens is 4. The van der Waals surface area contributed by atoms with Crippen molar-refractivity contribution in [2.45, 2.75) is 24.5 Å². The second-order valence-corrected chi connectivity index (χ2v) is 16.9. The van der Waals surface area contributed by atoms with Crippen LogP contribution < -0.4 is 5.73 Å². The van der Waals surface area contributed by atoms with Crippen LogP contribution in [0.4, 0.5) is 5.82 Å². The molecule has 33 heteroatoms. The molecule has 1 aliphatic heterocycles. The number of anilines is 1. The predicted octanol–water partition coefficient (Wildman–Crippen LogP) is -1.28. The summed E-state index contributed by atoms with van der Waals surface area (Å²) in [4.78, 5) is 75.3. The number of phosphoric ester groups is 1. The van der Waals surface area contributed by atoms with Crippen LogP contribution in [0.5, 0.6) is 0 Å². The van der Waals surface area contributed by atoms with E-state index >= 15 is 0 Å². The van der Waals surface area contributed by atoms with E-state index in [0.717, 1.165) is 17.2 Å². The fraction of sp³-hybridized carbons (Fsp3) is 0.500. The lowest BCUT2D eigenvalue weighted by atomic mass is 10.1. The van der Waals surface area contributed by atoms with Crippen molar-refractivity contribution in [1.82, 2.24) is 19.5 Å². The Morgan fingerprint density at radius 1 is 0.744 bits per heavy atom. The maximum absolute atomic E-state index is 12.1. The average Bonchev–Trinajstić information content (AvgIpc) is 3.29. The SMILES string of the molecule is Nc1ncnc2c1ncn2[C@@H]1O[C@H](COP(=O)(O)OP(=O)(O)OP(=O)(O)OP(=O)(O)OP(=O)(O)OP(=O)(O)O)[C@@H](O)[C@H]1O. The van der Waals surface area contributed by atoms with Crippen LogP contribution in [0.1, 0.15) is 6.23 Å². The number of nitrogens with two attached hydrogens (primary N) is 1. The van der Waals surface area contributed by atoms with Crippen molar-refractivity contribution in [3.63, 3.8) is 0 Å². The molecule has 0 spiro atoms. The molecule has 2 aromatic rings. The first-order valence-corrected chi connectivity index (χ1v) is 19.2. The average molecular weight is 747 g/mol. The van der Waals surface area contributed by atoms with Crippen LogP contribution in [0.2, 0.25) is 0 Å². The van der Waals surface area contributed by atoms with Gasteiger partial charge in [-0.3, -0.25) is 9.09 Å². The Kier molecular flexibility index (Phi) is 10.8.